The highest BCUT2D eigenvalue weighted by atomic mass is 32.1. The molecule has 0 saturated heterocycles. The van der Waals surface area contributed by atoms with E-state index in [0.29, 0.717) is 21.9 Å². The Morgan fingerprint density at radius 3 is 2.70 bits per heavy atom. The monoisotopic (exact) mass is 377 g/mol. The maximum atomic E-state index is 12.6. The van der Waals surface area contributed by atoms with Gasteiger partial charge in [0.1, 0.15) is 5.82 Å². The molecule has 0 radical (unpaired) electrons. The third kappa shape index (κ3) is 3.56. The number of para-hydroxylation sites is 1. The van der Waals surface area contributed by atoms with Crippen molar-refractivity contribution in [3.05, 3.63) is 76.7 Å². The summed E-state index contributed by atoms with van der Waals surface area (Å²) in [5.74, 6) is 0.0831. The van der Waals surface area contributed by atoms with Crippen molar-refractivity contribution >= 4 is 40.2 Å². The molecular weight excluding hydrogens is 362 g/mol. The predicted octanol–water partition coefficient (Wildman–Crippen LogP) is 3.07. The number of rotatable bonds is 6. The molecule has 8 heteroatoms. The van der Waals surface area contributed by atoms with Crippen LogP contribution in [0.1, 0.15) is 15.2 Å². The highest BCUT2D eigenvalue weighted by molar-refractivity contribution is 7.12. The minimum Gasteiger partial charge on any atom is -0.376 e. The number of benzene rings is 1. The van der Waals surface area contributed by atoms with Crippen molar-refractivity contribution in [1.82, 2.24) is 14.6 Å². The summed E-state index contributed by atoms with van der Waals surface area (Å²) >= 11 is 1.36. The number of nitrogens with zero attached hydrogens (tertiary/aromatic N) is 3. The van der Waals surface area contributed by atoms with E-state index in [1.54, 1.807) is 18.3 Å². The molecule has 1 amide bonds. The Morgan fingerprint density at radius 1 is 1.07 bits per heavy atom. The van der Waals surface area contributed by atoms with Gasteiger partial charge in [-0.2, -0.15) is 9.61 Å². The summed E-state index contributed by atoms with van der Waals surface area (Å²) in [6.45, 7) is 0.107. The zero-order valence-electron chi connectivity index (χ0n) is 14.1. The molecule has 0 aliphatic carbocycles. The van der Waals surface area contributed by atoms with Crippen molar-refractivity contribution in [2.75, 3.05) is 17.2 Å². The maximum absolute atomic E-state index is 12.6. The van der Waals surface area contributed by atoms with E-state index in [0.717, 1.165) is 5.69 Å². The highest BCUT2D eigenvalue weighted by Crippen LogP contribution is 2.20. The van der Waals surface area contributed by atoms with Gasteiger partial charge < -0.3 is 10.6 Å². The lowest BCUT2D eigenvalue weighted by Gasteiger charge is -2.09. The molecule has 3 heterocycles. The van der Waals surface area contributed by atoms with Crippen LogP contribution in [0.15, 0.2) is 66.3 Å². The Bertz CT molecular complexity index is 1090. The molecular formula is C19H15N5O2S. The van der Waals surface area contributed by atoms with Crippen LogP contribution in [-0.2, 0) is 4.79 Å². The van der Waals surface area contributed by atoms with Gasteiger partial charge in [-0.15, -0.1) is 11.3 Å². The van der Waals surface area contributed by atoms with Crippen molar-refractivity contribution in [2.24, 2.45) is 0 Å². The summed E-state index contributed by atoms with van der Waals surface area (Å²) in [7, 11) is 0. The van der Waals surface area contributed by atoms with Gasteiger partial charge in [-0.05, 0) is 29.6 Å². The Hall–Kier alpha value is -3.52. The molecule has 1 aromatic carbocycles. The highest BCUT2D eigenvalue weighted by Gasteiger charge is 2.18. The summed E-state index contributed by atoms with van der Waals surface area (Å²) in [6, 6.07) is 14.7. The minimum atomic E-state index is -0.229. The Labute approximate surface area is 158 Å². The summed E-state index contributed by atoms with van der Waals surface area (Å²) in [4.78, 5) is 29.7. The van der Waals surface area contributed by atoms with E-state index in [2.05, 4.69) is 20.7 Å². The van der Waals surface area contributed by atoms with Gasteiger partial charge in [-0.3, -0.25) is 9.59 Å². The van der Waals surface area contributed by atoms with E-state index >= 15 is 0 Å². The fourth-order valence-electron chi connectivity index (χ4n) is 2.61. The van der Waals surface area contributed by atoms with E-state index in [-0.39, 0.29) is 18.2 Å². The SMILES string of the molecule is O=C(CNc1ccccc1)Nc1ccnc2c(C(=O)c3cccs3)cnn12. The lowest BCUT2D eigenvalue weighted by Crippen LogP contribution is -2.23. The number of carbonyl (C=O) groups is 2. The first-order valence-electron chi connectivity index (χ1n) is 8.22. The molecule has 4 aromatic rings. The first-order chi connectivity index (χ1) is 13.2. The van der Waals surface area contributed by atoms with Gasteiger partial charge in [0.2, 0.25) is 11.7 Å². The first-order valence-corrected chi connectivity index (χ1v) is 9.10. The average Bonchev–Trinajstić information content (AvgIpc) is 3.37. The number of thiophene rings is 1. The Balaban J connectivity index is 1.53. The zero-order chi connectivity index (χ0) is 18.6. The van der Waals surface area contributed by atoms with Crippen molar-refractivity contribution < 1.29 is 9.59 Å². The van der Waals surface area contributed by atoms with E-state index in [4.69, 9.17) is 0 Å². The second kappa shape index (κ2) is 7.38. The number of carbonyl (C=O) groups excluding carboxylic acids is 2. The van der Waals surface area contributed by atoms with E-state index < -0.39 is 0 Å². The summed E-state index contributed by atoms with van der Waals surface area (Å²) in [6.07, 6.45) is 3.02. The fourth-order valence-corrected chi connectivity index (χ4v) is 3.29. The van der Waals surface area contributed by atoms with Gasteiger partial charge in [0.05, 0.1) is 23.2 Å². The molecule has 3 aromatic heterocycles. The summed E-state index contributed by atoms with van der Waals surface area (Å²) in [5, 5.41) is 11.9. The summed E-state index contributed by atoms with van der Waals surface area (Å²) in [5.41, 5.74) is 1.66. The number of nitrogens with one attached hydrogen (secondary N) is 2. The molecule has 0 spiro atoms. The Morgan fingerprint density at radius 2 is 1.93 bits per heavy atom. The van der Waals surface area contributed by atoms with Crippen molar-refractivity contribution in [3.63, 3.8) is 0 Å². The quantitative estimate of drug-likeness (QED) is 0.504. The van der Waals surface area contributed by atoms with Crippen LogP contribution >= 0.6 is 11.3 Å². The summed E-state index contributed by atoms with van der Waals surface area (Å²) < 4.78 is 1.46. The van der Waals surface area contributed by atoms with Crippen LogP contribution in [0.4, 0.5) is 11.5 Å². The van der Waals surface area contributed by atoms with Crippen LogP contribution in [0.5, 0.6) is 0 Å². The van der Waals surface area contributed by atoms with E-state index in [1.807, 2.05) is 41.8 Å². The van der Waals surface area contributed by atoms with Crippen molar-refractivity contribution in [1.29, 1.82) is 0 Å². The van der Waals surface area contributed by atoms with Crippen LogP contribution in [0.25, 0.3) is 5.65 Å². The molecule has 0 fully saturated rings. The standard InChI is InChI=1S/C19H15N5O2S/c25-17(12-21-13-5-2-1-3-6-13)23-16-8-9-20-19-14(11-22-24(16)19)18(26)15-7-4-10-27-15/h1-11,21H,12H2,(H,23,25). The number of amides is 1. The molecule has 0 aliphatic heterocycles. The molecule has 0 unspecified atom stereocenters. The van der Waals surface area contributed by atoms with Crippen LogP contribution < -0.4 is 10.6 Å². The second-order valence-corrected chi connectivity index (χ2v) is 6.65. The number of fused-ring (bicyclic) bond motifs is 1. The number of hydrogen-bond acceptors (Lipinski definition) is 6. The van der Waals surface area contributed by atoms with Crippen LogP contribution in [-0.4, -0.2) is 32.8 Å². The fraction of sp³-hybridized carbons (Fsp3) is 0.0526. The van der Waals surface area contributed by atoms with Crippen molar-refractivity contribution in [2.45, 2.75) is 0 Å². The lowest BCUT2D eigenvalue weighted by atomic mass is 10.2. The normalized spacial score (nSPS) is 10.7. The van der Waals surface area contributed by atoms with Gasteiger partial charge in [0.15, 0.2) is 5.65 Å². The van der Waals surface area contributed by atoms with Crippen LogP contribution in [0.3, 0.4) is 0 Å². The second-order valence-electron chi connectivity index (χ2n) is 5.70. The Kier molecular flexibility index (Phi) is 4.63. The van der Waals surface area contributed by atoms with E-state index in [1.165, 1.54) is 22.0 Å². The molecule has 2 N–H and O–H groups in total. The lowest BCUT2D eigenvalue weighted by molar-refractivity contribution is -0.114. The van der Waals surface area contributed by atoms with Gasteiger partial charge in [0.25, 0.3) is 0 Å². The molecule has 27 heavy (non-hydrogen) atoms. The maximum Gasteiger partial charge on any atom is 0.244 e. The van der Waals surface area contributed by atoms with Gasteiger partial charge in [-0.25, -0.2) is 4.98 Å². The number of ketones is 1. The van der Waals surface area contributed by atoms with Gasteiger partial charge in [0, 0.05) is 11.9 Å². The molecule has 7 nitrogen and oxygen atoms in total. The van der Waals surface area contributed by atoms with Crippen LogP contribution in [0, 0.1) is 0 Å². The zero-order valence-corrected chi connectivity index (χ0v) is 14.9. The topological polar surface area (TPSA) is 88.4 Å². The third-order valence-electron chi connectivity index (χ3n) is 3.89. The molecule has 4 rings (SSSR count). The first kappa shape index (κ1) is 16.9. The minimum absolute atomic E-state index is 0.107. The number of anilines is 2. The predicted molar refractivity (Wildman–Crippen MR) is 104 cm³/mol. The molecule has 0 bridgehead atoms. The van der Waals surface area contributed by atoms with Gasteiger partial charge >= 0.3 is 0 Å². The largest absolute Gasteiger partial charge is 0.376 e. The van der Waals surface area contributed by atoms with Crippen molar-refractivity contribution in [3.8, 4) is 0 Å². The molecule has 0 atom stereocenters. The smallest absolute Gasteiger partial charge is 0.244 e. The molecule has 0 saturated carbocycles. The molecule has 0 aliphatic rings. The van der Waals surface area contributed by atoms with Gasteiger partial charge in [-0.1, -0.05) is 24.3 Å². The van der Waals surface area contributed by atoms with E-state index in [9.17, 15) is 9.59 Å². The average molecular weight is 377 g/mol. The number of aromatic nitrogens is 3. The number of hydrogen-bond donors (Lipinski definition) is 2. The van der Waals surface area contributed by atoms with Crippen LogP contribution in [0.2, 0.25) is 0 Å². The molecule has 134 valence electrons. The third-order valence-corrected chi connectivity index (χ3v) is 4.75.